The highest BCUT2D eigenvalue weighted by Gasteiger charge is 2.20. The van der Waals surface area contributed by atoms with E-state index in [2.05, 4.69) is 10.1 Å². The van der Waals surface area contributed by atoms with E-state index in [0.29, 0.717) is 13.0 Å². The van der Waals surface area contributed by atoms with Crippen LogP contribution in [-0.4, -0.2) is 36.4 Å². The van der Waals surface area contributed by atoms with Crippen molar-refractivity contribution in [3.63, 3.8) is 0 Å². The Bertz CT molecular complexity index is 563. The number of rotatable bonds is 6. The maximum absolute atomic E-state index is 12.1. The van der Waals surface area contributed by atoms with Crippen LogP contribution in [0.15, 0.2) is 24.3 Å². The van der Waals surface area contributed by atoms with Gasteiger partial charge in [-0.25, -0.2) is 0 Å². The molecule has 1 aliphatic heterocycles. The molecule has 0 radical (unpaired) electrons. The molecule has 1 saturated heterocycles. The largest absolute Gasteiger partial charge is 0.435 e. The number of nitrogens with one attached hydrogen (secondary N) is 1. The molecule has 1 N–H and O–H groups in total. The highest BCUT2D eigenvalue weighted by molar-refractivity contribution is 5.85. The lowest BCUT2D eigenvalue weighted by Gasteiger charge is -2.22. The second kappa shape index (κ2) is 8.61. The molecule has 1 aromatic rings. The van der Waals surface area contributed by atoms with Gasteiger partial charge in [0.15, 0.2) is 0 Å². The van der Waals surface area contributed by atoms with Crippen molar-refractivity contribution in [2.24, 2.45) is 0 Å². The van der Waals surface area contributed by atoms with Gasteiger partial charge in [0.25, 0.3) is 0 Å². The number of hydrogen-bond acceptors (Lipinski definition) is 3. The third kappa shape index (κ3) is 5.47. The van der Waals surface area contributed by atoms with Crippen molar-refractivity contribution >= 4 is 11.8 Å². The Hall–Kier alpha value is -2.18. The van der Waals surface area contributed by atoms with Gasteiger partial charge >= 0.3 is 6.61 Å². The first-order chi connectivity index (χ1) is 11.5. The molecular formula is C17H22F2N2O3. The molecule has 24 heavy (non-hydrogen) atoms. The van der Waals surface area contributed by atoms with Gasteiger partial charge in [-0.1, -0.05) is 18.6 Å². The number of benzene rings is 1. The van der Waals surface area contributed by atoms with Gasteiger partial charge in [0.1, 0.15) is 5.75 Å². The van der Waals surface area contributed by atoms with E-state index < -0.39 is 6.61 Å². The number of likely N-dealkylation sites (tertiary alicyclic amines) is 1. The maximum Gasteiger partial charge on any atom is 0.387 e. The fourth-order valence-corrected chi connectivity index (χ4v) is 2.69. The third-order valence-electron chi connectivity index (χ3n) is 3.99. The molecule has 0 spiro atoms. The molecule has 2 rings (SSSR count). The van der Waals surface area contributed by atoms with E-state index in [1.807, 2.05) is 0 Å². The number of alkyl halides is 2. The molecule has 1 fully saturated rings. The van der Waals surface area contributed by atoms with Gasteiger partial charge in [-0.15, -0.1) is 0 Å². The molecule has 0 aliphatic carbocycles. The standard InChI is InChI=1S/C17H22F2N2O3/c1-12(13-6-8-14(9-7-13)24-17(18)19)20-15(22)11-21-10-4-2-3-5-16(21)23/h6-9,12,17H,2-5,10-11H2,1H3,(H,20,22). The highest BCUT2D eigenvalue weighted by atomic mass is 19.3. The van der Waals surface area contributed by atoms with Crippen LogP contribution in [0.1, 0.15) is 44.2 Å². The second-order valence-electron chi connectivity index (χ2n) is 5.86. The summed E-state index contributed by atoms with van der Waals surface area (Å²) in [5.41, 5.74) is 0.771. The van der Waals surface area contributed by atoms with Crippen molar-refractivity contribution in [2.75, 3.05) is 13.1 Å². The molecule has 0 saturated carbocycles. The number of hydrogen-bond donors (Lipinski definition) is 1. The van der Waals surface area contributed by atoms with E-state index in [-0.39, 0.29) is 30.2 Å². The summed E-state index contributed by atoms with van der Waals surface area (Å²) < 4.78 is 28.5. The number of carbonyl (C=O) groups is 2. The average molecular weight is 340 g/mol. The Labute approximate surface area is 140 Å². The Balaban J connectivity index is 1.87. The zero-order chi connectivity index (χ0) is 17.5. The minimum atomic E-state index is -2.86. The van der Waals surface area contributed by atoms with Crippen molar-refractivity contribution < 1.29 is 23.1 Å². The van der Waals surface area contributed by atoms with E-state index >= 15 is 0 Å². The monoisotopic (exact) mass is 340 g/mol. The first-order valence-electron chi connectivity index (χ1n) is 8.07. The molecule has 1 unspecified atom stereocenters. The van der Waals surface area contributed by atoms with E-state index in [0.717, 1.165) is 24.8 Å². The number of carbonyl (C=O) groups excluding carboxylic acids is 2. The Morgan fingerprint density at radius 1 is 1.25 bits per heavy atom. The van der Waals surface area contributed by atoms with E-state index in [1.165, 1.54) is 12.1 Å². The summed E-state index contributed by atoms with van der Waals surface area (Å²) in [6.45, 7) is -0.402. The summed E-state index contributed by atoms with van der Waals surface area (Å²) in [5, 5.41) is 2.82. The van der Waals surface area contributed by atoms with E-state index in [4.69, 9.17) is 0 Å². The Morgan fingerprint density at radius 3 is 2.62 bits per heavy atom. The maximum atomic E-state index is 12.1. The topological polar surface area (TPSA) is 58.6 Å². The molecule has 0 aromatic heterocycles. The van der Waals surface area contributed by atoms with E-state index in [9.17, 15) is 18.4 Å². The normalized spacial score (nSPS) is 16.7. The highest BCUT2D eigenvalue weighted by Crippen LogP contribution is 2.19. The predicted molar refractivity (Wildman–Crippen MR) is 84.7 cm³/mol. The lowest BCUT2D eigenvalue weighted by molar-refractivity contribution is -0.135. The van der Waals surface area contributed by atoms with Crippen LogP contribution in [0.3, 0.4) is 0 Å². The Kier molecular flexibility index (Phi) is 6.52. The quantitative estimate of drug-likeness (QED) is 0.866. The van der Waals surface area contributed by atoms with Crippen LogP contribution in [0.25, 0.3) is 0 Å². The minimum absolute atomic E-state index is 0.0174. The van der Waals surface area contributed by atoms with Crippen molar-refractivity contribution in [2.45, 2.75) is 45.3 Å². The summed E-state index contributed by atoms with van der Waals surface area (Å²) >= 11 is 0. The van der Waals surface area contributed by atoms with Gasteiger partial charge < -0.3 is 15.0 Å². The number of ether oxygens (including phenoxy) is 1. The molecule has 2 amide bonds. The van der Waals surface area contributed by atoms with Crippen LogP contribution in [0, 0.1) is 0 Å². The Morgan fingerprint density at radius 2 is 1.96 bits per heavy atom. The molecule has 5 nitrogen and oxygen atoms in total. The zero-order valence-electron chi connectivity index (χ0n) is 13.6. The van der Waals surface area contributed by atoms with Crippen molar-refractivity contribution in [3.8, 4) is 5.75 Å². The molecule has 0 bridgehead atoms. The van der Waals surface area contributed by atoms with Crippen LogP contribution >= 0.6 is 0 Å². The summed E-state index contributed by atoms with van der Waals surface area (Å²) in [6, 6.07) is 5.82. The van der Waals surface area contributed by atoms with Crippen molar-refractivity contribution in [3.05, 3.63) is 29.8 Å². The van der Waals surface area contributed by atoms with Crippen LogP contribution in [0.2, 0.25) is 0 Å². The smallest absolute Gasteiger partial charge is 0.387 e. The van der Waals surface area contributed by atoms with Gasteiger partial charge in [-0.3, -0.25) is 9.59 Å². The molecule has 1 heterocycles. The number of halogens is 2. The summed E-state index contributed by atoms with van der Waals surface area (Å²) in [7, 11) is 0. The first-order valence-corrected chi connectivity index (χ1v) is 8.07. The van der Waals surface area contributed by atoms with Crippen LogP contribution in [-0.2, 0) is 9.59 Å². The zero-order valence-corrected chi connectivity index (χ0v) is 13.6. The molecule has 1 aliphatic rings. The predicted octanol–water partition coefficient (Wildman–Crippen LogP) is 2.87. The van der Waals surface area contributed by atoms with Crippen molar-refractivity contribution in [1.82, 2.24) is 10.2 Å². The minimum Gasteiger partial charge on any atom is -0.435 e. The fraction of sp³-hybridized carbons (Fsp3) is 0.529. The van der Waals surface area contributed by atoms with Crippen LogP contribution in [0.5, 0.6) is 5.75 Å². The summed E-state index contributed by atoms with van der Waals surface area (Å²) in [6.07, 6.45) is 3.29. The molecule has 132 valence electrons. The SMILES string of the molecule is CC(NC(=O)CN1CCCCCC1=O)c1ccc(OC(F)F)cc1. The summed E-state index contributed by atoms with van der Waals surface area (Å²) in [5.74, 6) is -0.142. The van der Waals surface area contributed by atoms with Crippen LogP contribution < -0.4 is 10.1 Å². The number of amides is 2. The van der Waals surface area contributed by atoms with Gasteiger partial charge in [0.05, 0.1) is 12.6 Å². The molecular weight excluding hydrogens is 318 g/mol. The van der Waals surface area contributed by atoms with Gasteiger partial charge in [-0.2, -0.15) is 8.78 Å². The first kappa shape index (κ1) is 18.2. The lowest BCUT2D eigenvalue weighted by atomic mass is 10.1. The lowest BCUT2D eigenvalue weighted by Crippen LogP contribution is -2.41. The molecule has 7 heteroatoms. The molecule has 1 atom stereocenters. The van der Waals surface area contributed by atoms with Gasteiger partial charge in [-0.05, 0) is 37.5 Å². The fourth-order valence-electron chi connectivity index (χ4n) is 2.69. The van der Waals surface area contributed by atoms with Crippen LogP contribution in [0.4, 0.5) is 8.78 Å². The second-order valence-corrected chi connectivity index (χ2v) is 5.86. The summed E-state index contributed by atoms with van der Waals surface area (Å²) in [4.78, 5) is 25.6. The van der Waals surface area contributed by atoms with Crippen molar-refractivity contribution in [1.29, 1.82) is 0 Å². The molecule has 1 aromatic carbocycles. The van der Waals surface area contributed by atoms with Gasteiger partial charge in [0.2, 0.25) is 11.8 Å². The average Bonchev–Trinajstić information content (AvgIpc) is 2.72. The van der Waals surface area contributed by atoms with Gasteiger partial charge in [0, 0.05) is 13.0 Å². The van der Waals surface area contributed by atoms with E-state index in [1.54, 1.807) is 24.0 Å². The number of nitrogens with zero attached hydrogens (tertiary/aromatic N) is 1. The third-order valence-corrected chi connectivity index (χ3v) is 3.99.